The van der Waals surface area contributed by atoms with Crippen LogP contribution in [0.15, 0.2) is 54.6 Å². The first-order chi connectivity index (χ1) is 12.6. The zero-order valence-electron chi connectivity index (χ0n) is 16.1. The van der Waals surface area contributed by atoms with E-state index in [1.165, 1.54) is 11.1 Å². The molecule has 1 unspecified atom stereocenters. The van der Waals surface area contributed by atoms with Gasteiger partial charge in [0.25, 0.3) is 0 Å². The van der Waals surface area contributed by atoms with Crippen LogP contribution in [0.4, 0.5) is 0 Å². The topological polar surface area (TPSA) is 41.6 Å². The normalized spacial score (nSPS) is 12.0. The van der Waals surface area contributed by atoms with E-state index in [0.717, 1.165) is 25.0 Å². The summed E-state index contributed by atoms with van der Waals surface area (Å²) in [5.41, 5.74) is 2.56. The molecule has 2 aromatic rings. The molecule has 0 radical (unpaired) electrons. The number of carbonyl (C=O) groups is 1. The SMILES string of the molecule is COc1ccc(CC(C)N(C)CC(=O)NCCCc2ccccc2)cc1. The molecule has 0 bridgehead atoms. The molecule has 0 aliphatic carbocycles. The molecule has 0 spiro atoms. The number of nitrogens with one attached hydrogen (secondary N) is 1. The largest absolute Gasteiger partial charge is 0.497 e. The first-order valence-corrected chi connectivity index (χ1v) is 9.22. The van der Waals surface area contributed by atoms with E-state index < -0.39 is 0 Å². The van der Waals surface area contributed by atoms with Gasteiger partial charge in [-0.2, -0.15) is 0 Å². The van der Waals surface area contributed by atoms with E-state index >= 15 is 0 Å². The smallest absolute Gasteiger partial charge is 0.234 e. The first kappa shape index (κ1) is 20.0. The average molecular weight is 354 g/mol. The average Bonchev–Trinajstić information content (AvgIpc) is 2.66. The third kappa shape index (κ3) is 6.89. The molecule has 4 nitrogen and oxygen atoms in total. The molecular formula is C22H30N2O2. The standard InChI is InChI=1S/C22H30N2O2/c1-18(16-20-11-13-21(26-3)14-12-20)24(2)17-22(25)23-15-7-10-19-8-5-4-6-9-19/h4-6,8-9,11-14,18H,7,10,15-17H2,1-3H3,(H,23,25). The fourth-order valence-corrected chi connectivity index (χ4v) is 2.86. The second kappa shape index (κ2) is 10.6. The van der Waals surface area contributed by atoms with Gasteiger partial charge < -0.3 is 10.1 Å². The number of hydrogen-bond donors (Lipinski definition) is 1. The maximum Gasteiger partial charge on any atom is 0.234 e. The summed E-state index contributed by atoms with van der Waals surface area (Å²) in [5, 5.41) is 3.02. The van der Waals surface area contributed by atoms with Crippen LogP contribution in [0.1, 0.15) is 24.5 Å². The number of aryl methyl sites for hydroxylation is 1. The molecular weight excluding hydrogens is 324 g/mol. The van der Waals surface area contributed by atoms with Crippen molar-refractivity contribution in [3.8, 4) is 5.75 Å². The summed E-state index contributed by atoms with van der Waals surface area (Å²) in [6.07, 6.45) is 2.85. The van der Waals surface area contributed by atoms with Crippen molar-refractivity contribution in [2.45, 2.75) is 32.2 Å². The summed E-state index contributed by atoms with van der Waals surface area (Å²) in [7, 11) is 3.67. The van der Waals surface area contributed by atoms with Crippen molar-refractivity contribution in [2.75, 3.05) is 27.2 Å². The highest BCUT2D eigenvalue weighted by atomic mass is 16.5. The molecule has 2 rings (SSSR count). The van der Waals surface area contributed by atoms with Crippen molar-refractivity contribution >= 4 is 5.91 Å². The highest BCUT2D eigenvalue weighted by Gasteiger charge is 2.13. The number of ether oxygens (including phenoxy) is 1. The molecule has 0 aliphatic rings. The summed E-state index contributed by atoms with van der Waals surface area (Å²) in [5.74, 6) is 0.951. The van der Waals surface area contributed by atoms with Gasteiger partial charge in [-0.05, 0) is 56.5 Å². The first-order valence-electron chi connectivity index (χ1n) is 9.22. The van der Waals surface area contributed by atoms with E-state index in [-0.39, 0.29) is 5.91 Å². The van der Waals surface area contributed by atoms with E-state index in [1.807, 2.05) is 37.4 Å². The monoisotopic (exact) mass is 354 g/mol. The van der Waals surface area contributed by atoms with Crippen molar-refractivity contribution in [2.24, 2.45) is 0 Å². The molecule has 1 amide bonds. The van der Waals surface area contributed by atoms with E-state index in [2.05, 4.69) is 41.4 Å². The third-order valence-corrected chi connectivity index (χ3v) is 4.64. The number of carbonyl (C=O) groups excluding carboxylic acids is 1. The molecule has 4 heteroatoms. The van der Waals surface area contributed by atoms with E-state index in [4.69, 9.17) is 4.74 Å². The van der Waals surface area contributed by atoms with Crippen molar-refractivity contribution < 1.29 is 9.53 Å². The van der Waals surface area contributed by atoms with Gasteiger partial charge in [0.1, 0.15) is 5.75 Å². The molecule has 0 fully saturated rings. The molecule has 2 aromatic carbocycles. The maximum absolute atomic E-state index is 12.1. The lowest BCUT2D eigenvalue weighted by Crippen LogP contribution is -2.40. The van der Waals surface area contributed by atoms with E-state index in [9.17, 15) is 4.79 Å². The summed E-state index contributed by atoms with van der Waals surface area (Å²) in [6, 6.07) is 18.8. The second-order valence-electron chi connectivity index (χ2n) is 6.76. The van der Waals surface area contributed by atoms with Gasteiger partial charge in [-0.1, -0.05) is 42.5 Å². The Morgan fingerprint density at radius 2 is 1.77 bits per heavy atom. The number of benzene rings is 2. The Balaban J connectivity index is 1.66. The third-order valence-electron chi connectivity index (χ3n) is 4.64. The van der Waals surface area contributed by atoms with E-state index in [1.54, 1.807) is 7.11 Å². The van der Waals surface area contributed by atoms with E-state index in [0.29, 0.717) is 19.1 Å². The zero-order chi connectivity index (χ0) is 18.8. The van der Waals surface area contributed by atoms with Crippen molar-refractivity contribution in [3.05, 3.63) is 65.7 Å². The number of hydrogen-bond acceptors (Lipinski definition) is 3. The van der Waals surface area contributed by atoms with Crippen LogP contribution in [0.25, 0.3) is 0 Å². The van der Waals surface area contributed by atoms with Crippen LogP contribution in [0.3, 0.4) is 0 Å². The van der Waals surface area contributed by atoms with Crippen LogP contribution in [0, 0.1) is 0 Å². The molecule has 0 aliphatic heterocycles. The molecule has 0 saturated heterocycles. The molecule has 26 heavy (non-hydrogen) atoms. The van der Waals surface area contributed by atoms with Crippen molar-refractivity contribution in [3.63, 3.8) is 0 Å². The second-order valence-corrected chi connectivity index (χ2v) is 6.76. The van der Waals surface area contributed by atoms with Gasteiger partial charge in [-0.15, -0.1) is 0 Å². The van der Waals surface area contributed by atoms with Gasteiger partial charge in [-0.25, -0.2) is 0 Å². The van der Waals surface area contributed by atoms with Crippen LogP contribution in [-0.4, -0.2) is 44.1 Å². The number of likely N-dealkylation sites (N-methyl/N-ethyl adjacent to an activating group) is 1. The molecule has 1 atom stereocenters. The van der Waals surface area contributed by atoms with Gasteiger partial charge in [0.05, 0.1) is 13.7 Å². The summed E-state index contributed by atoms with van der Waals surface area (Å²) in [4.78, 5) is 14.2. The fourth-order valence-electron chi connectivity index (χ4n) is 2.86. The highest BCUT2D eigenvalue weighted by molar-refractivity contribution is 5.77. The van der Waals surface area contributed by atoms with Gasteiger partial charge in [0.15, 0.2) is 0 Å². The van der Waals surface area contributed by atoms with Crippen LogP contribution >= 0.6 is 0 Å². The van der Waals surface area contributed by atoms with Gasteiger partial charge >= 0.3 is 0 Å². The Morgan fingerprint density at radius 1 is 1.08 bits per heavy atom. The lowest BCUT2D eigenvalue weighted by atomic mass is 10.1. The summed E-state index contributed by atoms with van der Waals surface area (Å²) >= 11 is 0. The Labute approximate surface area is 157 Å². The van der Waals surface area contributed by atoms with Crippen LogP contribution in [0.2, 0.25) is 0 Å². The number of methoxy groups -OCH3 is 1. The molecule has 0 saturated carbocycles. The molecule has 1 N–H and O–H groups in total. The molecule has 0 heterocycles. The Hall–Kier alpha value is -2.33. The Morgan fingerprint density at radius 3 is 2.42 bits per heavy atom. The van der Waals surface area contributed by atoms with Crippen molar-refractivity contribution in [1.82, 2.24) is 10.2 Å². The van der Waals surface area contributed by atoms with Gasteiger partial charge in [0, 0.05) is 12.6 Å². The minimum absolute atomic E-state index is 0.0853. The minimum atomic E-state index is 0.0853. The lowest BCUT2D eigenvalue weighted by Gasteiger charge is -2.24. The molecule has 140 valence electrons. The van der Waals surface area contributed by atoms with Crippen LogP contribution in [0.5, 0.6) is 5.75 Å². The lowest BCUT2D eigenvalue weighted by molar-refractivity contribution is -0.122. The predicted octanol–water partition coefficient (Wildman–Crippen LogP) is 3.31. The number of amides is 1. The fraction of sp³-hybridized carbons (Fsp3) is 0.409. The van der Waals surface area contributed by atoms with Gasteiger partial charge in [0.2, 0.25) is 5.91 Å². The Bertz CT molecular complexity index is 656. The highest BCUT2D eigenvalue weighted by Crippen LogP contribution is 2.14. The van der Waals surface area contributed by atoms with Crippen LogP contribution in [-0.2, 0) is 17.6 Å². The van der Waals surface area contributed by atoms with Crippen molar-refractivity contribution in [1.29, 1.82) is 0 Å². The minimum Gasteiger partial charge on any atom is -0.497 e. The van der Waals surface area contributed by atoms with Crippen LogP contribution < -0.4 is 10.1 Å². The predicted molar refractivity (Wildman–Crippen MR) is 107 cm³/mol. The number of nitrogens with zero attached hydrogens (tertiary/aromatic N) is 1. The maximum atomic E-state index is 12.1. The summed E-state index contributed by atoms with van der Waals surface area (Å²) < 4.78 is 5.19. The number of rotatable bonds is 10. The van der Waals surface area contributed by atoms with Gasteiger partial charge in [-0.3, -0.25) is 9.69 Å². The Kier molecular flexibility index (Phi) is 8.16. The molecule has 0 aromatic heterocycles. The summed E-state index contributed by atoms with van der Waals surface area (Å²) in [6.45, 7) is 3.28. The quantitative estimate of drug-likeness (QED) is 0.666. The zero-order valence-corrected chi connectivity index (χ0v) is 16.1.